The van der Waals surface area contributed by atoms with Gasteiger partial charge in [0, 0.05) is 24.4 Å². The minimum atomic E-state index is -0.0240. The molecule has 2 aromatic rings. The molecule has 1 saturated carbocycles. The Labute approximate surface area is 128 Å². The molecule has 0 radical (unpaired) electrons. The number of carbonyl (C=O) groups is 1. The minimum Gasteiger partial charge on any atom is -0.335 e. The van der Waals surface area contributed by atoms with Crippen molar-refractivity contribution >= 4 is 17.4 Å². The second-order valence-corrected chi connectivity index (χ2v) is 6.59. The molecule has 1 fully saturated rings. The number of rotatable bonds is 4. The van der Waals surface area contributed by atoms with Crippen LogP contribution in [0, 0.1) is 6.92 Å². The van der Waals surface area contributed by atoms with Gasteiger partial charge in [-0.1, -0.05) is 30.3 Å². The lowest BCUT2D eigenvalue weighted by Crippen LogP contribution is -2.38. The molecule has 1 aromatic carbocycles. The fraction of sp³-hybridized carbons (Fsp3) is 0.375. The predicted molar refractivity (Wildman–Crippen MR) is 84.4 cm³/mol. The SMILES string of the molecule is Cc1nc(CN(C)C(=O)N[C@@H]2C[C@H]2c2ccccc2)cs1. The topological polar surface area (TPSA) is 45.2 Å². The fourth-order valence-electron chi connectivity index (χ4n) is 2.49. The van der Waals surface area contributed by atoms with Crippen LogP contribution in [0.3, 0.4) is 0 Å². The summed E-state index contributed by atoms with van der Waals surface area (Å²) >= 11 is 1.61. The van der Waals surface area contributed by atoms with Gasteiger partial charge >= 0.3 is 6.03 Å². The van der Waals surface area contributed by atoms with Crippen LogP contribution >= 0.6 is 11.3 Å². The van der Waals surface area contributed by atoms with Crippen LogP contribution in [0.25, 0.3) is 0 Å². The summed E-state index contributed by atoms with van der Waals surface area (Å²) in [6.45, 7) is 2.53. The van der Waals surface area contributed by atoms with Crippen molar-refractivity contribution in [2.24, 2.45) is 0 Å². The van der Waals surface area contributed by atoms with Gasteiger partial charge in [-0.2, -0.15) is 0 Å². The van der Waals surface area contributed by atoms with E-state index in [-0.39, 0.29) is 12.1 Å². The maximum absolute atomic E-state index is 12.2. The van der Waals surface area contributed by atoms with E-state index in [0.29, 0.717) is 12.5 Å². The number of urea groups is 1. The summed E-state index contributed by atoms with van der Waals surface area (Å²) in [5.41, 5.74) is 2.26. The van der Waals surface area contributed by atoms with Crippen LogP contribution < -0.4 is 5.32 Å². The van der Waals surface area contributed by atoms with Gasteiger partial charge in [-0.15, -0.1) is 11.3 Å². The molecule has 0 aliphatic heterocycles. The average Bonchev–Trinajstić information content (AvgIpc) is 3.13. The van der Waals surface area contributed by atoms with E-state index >= 15 is 0 Å². The van der Waals surface area contributed by atoms with E-state index in [2.05, 4.69) is 22.4 Å². The number of carbonyl (C=O) groups excluding carboxylic acids is 1. The maximum atomic E-state index is 12.2. The molecule has 1 aromatic heterocycles. The van der Waals surface area contributed by atoms with Gasteiger partial charge in [0.25, 0.3) is 0 Å². The Kier molecular flexibility index (Phi) is 3.92. The van der Waals surface area contributed by atoms with Crippen molar-refractivity contribution in [1.29, 1.82) is 0 Å². The minimum absolute atomic E-state index is 0.0240. The highest BCUT2D eigenvalue weighted by atomic mass is 32.1. The Balaban J connectivity index is 1.51. The maximum Gasteiger partial charge on any atom is 0.317 e. The van der Waals surface area contributed by atoms with Crippen molar-refractivity contribution in [1.82, 2.24) is 15.2 Å². The van der Waals surface area contributed by atoms with Gasteiger partial charge in [-0.25, -0.2) is 9.78 Å². The van der Waals surface area contributed by atoms with E-state index in [4.69, 9.17) is 0 Å². The zero-order chi connectivity index (χ0) is 14.8. The highest BCUT2D eigenvalue weighted by Gasteiger charge is 2.39. The van der Waals surface area contributed by atoms with Crippen molar-refractivity contribution in [3.05, 3.63) is 52.0 Å². The lowest BCUT2D eigenvalue weighted by Gasteiger charge is -2.17. The van der Waals surface area contributed by atoms with Crippen molar-refractivity contribution < 1.29 is 4.79 Å². The molecular formula is C16H19N3OS. The molecule has 1 heterocycles. The first-order valence-electron chi connectivity index (χ1n) is 7.11. The first kappa shape index (κ1) is 14.1. The molecule has 0 saturated heterocycles. The smallest absolute Gasteiger partial charge is 0.317 e. The molecule has 21 heavy (non-hydrogen) atoms. The van der Waals surface area contributed by atoms with Crippen LogP contribution in [-0.4, -0.2) is 29.0 Å². The van der Waals surface area contributed by atoms with Gasteiger partial charge < -0.3 is 10.2 Å². The Hall–Kier alpha value is -1.88. The molecule has 1 aliphatic rings. The number of aromatic nitrogens is 1. The van der Waals surface area contributed by atoms with Crippen LogP contribution in [0.4, 0.5) is 4.79 Å². The van der Waals surface area contributed by atoms with Crippen LogP contribution in [0.2, 0.25) is 0 Å². The zero-order valence-corrected chi connectivity index (χ0v) is 13.1. The normalized spacial score (nSPS) is 20.1. The van der Waals surface area contributed by atoms with Crippen molar-refractivity contribution in [2.75, 3.05) is 7.05 Å². The molecule has 5 heteroatoms. The molecule has 0 spiro atoms. The lowest BCUT2D eigenvalue weighted by atomic mass is 10.1. The summed E-state index contributed by atoms with van der Waals surface area (Å²) in [6.07, 6.45) is 1.03. The molecule has 1 N–H and O–H groups in total. The first-order chi connectivity index (χ1) is 10.1. The van der Waals surface area contributed by atoms with Gasteiger partial charge in [0.05, 0.1) is 17.2 Å². The number of nitrogens with one attached hydrogen (secondary N) is 1. The van der Waals surface area contributed by atoms with Crippen molar-refractivity contribution in [3.63, 3.8) is 0 Å². The Morgan fingerprint density at radius 1 is 1.43 bits per heavy atom. The molecule has 3 rings (SSSR count). The van der Waals surface area contributed by atoms with Gasteiger partial charge in [0.15, 0.2) is 0 Å². The van der Waals surface area contributed by atoms with E-state index in [1.54, 1.807) is 16.2 Å². The number of aryl methyl sites for hydroxylation is 1. The van der Waals surface area contributed by atoms with Crippen LogP contribution in [0.5, 0.6) is 0 Å². The number of hydrogen-bond acceptors (Lipinski definition) is 3. The molecule has 0 unspecified atom stereocenters. The summed E-state index contributed by atoms with van der Waals surface area (Å²) in [4.78, 5) is 18.2. The van der Waals surface area contributed by atoms with E-state index in [1.165, 1.54) is 5.56 Å². The summed E-state index contributed by atoms with van der Waals surface area (Å²) in [6, 6.07) is 10.6. The third kappa shape index (κ3) is 3.42. The molecule has 2 amide bonds. The first-order valence-corrected chi connectivity index (χ1v) is 7.99. The van der Waals surface area contributed by atoms with Crippen LogP contribution in [0.1, 0.15) is 28.6 Å². The van der Waals surface area contributed by atoms with E-state index in [9.17, 15) is 4.79 Å². The van der Waals surface area contributed by atoms with Gasteiger partial charge in [-0.3, -0.25) is 0 Å². The zero-order valence-electron chi connectivity index (χ0n) is 12.2. The summed E-state index contributed by atoms with van der Waals surface area (Å²) in [7, 11) is 1.81. The predicted octanol–water partition coefficient (Wildman–Crippen LogP) is 3.15. The summed E-state index contributed by atoms with van der Waals surface area (Å²) in [5.74, 6) is 0.463. The van der Waals surface area contributed by atoms with Crippen molar-refractivity contribution in [2.45, 2.75) is 31.8 Å². The number of benzene rings is 1. The van der Waals surface area contributed by atoms with Crippen LogP contribution in [0.15, 0.2) is 35.7 Å². The molecule has 110 valence electrons. The van der Waals surface area contributed by atoms with E-state index in [1.807, 2.05) is 37.6 Å². The Morgan fingerprint density at radius 3 is 2.86 bits per heavy atom. The number of hydrogen-bond donors (Lipinski definition) is 1. The Morgan fingerprint density at radius 2 is 2.19 bits per heavy atom. The molecular weight excluding hydrogens is 282 g/mol. The largest absolute Gasteiger partial charge is 0.335 e. The highest BCUT2D eigenvalue weighted by Crippen LogP contribution is 2.40. The average molecular weight is 301 g/mol. The standard InChI is InChI=1S/C16H19N3OS/c1-11-17-13(10-21-11)9-19(2)16(20)18-15-8-14(15)12-6-4-3-5-7-12/h3-7,10,14-15H,8-9H2,1-2H3,(H,18,20)/t14-,15+/m0/s1. The van der Waals surface area contributed by atoms with E-state index < -0.39 is 0 Å². The highest BCUT2D eigenvalue weighted by molar-refractivity contribution is 7.09. The van der Waals surface area contributed by atoms with E-state index in [0.717, 1.165) is 17.1 Å². The van der Waals surface area contributed by atoms with Crippen LogP contribution in [-0.2, 0) is 6.54 Å². The fourth-order valence-corrected chi connectivity index (χ4v) is 3.09. The summed E-state index contributed by atoms with van der Waals surface area (Å²) in [5, 5.41) is 6.13. The third-order valence-corrected chi connectivity index (χ3v) is 4.56. The number of amides is 2. The second kappa shape index (κ2) is 5.85. The van der Waals surface area contributed by atoms with Gasteiger partial charge in [0.2, 0.25) is 0 Å². The monoisotopic (exact) mass is 301 g/mol. The van der Waals surface area contributed by atoms with Gasteiger partial charge in [0.1, 0.15) is 0 Å². The van der Waals surface area contributed by atoms with Gasteiger partial charge in [-0.05, 0) is 18.9 Å². The van der Waals surface area contributed by atoms with Crippen molar-refractivity contribution in [3.8, 4) is 0 Å². The third-order valence-electron chi connectivity index (χ3n) is 3.74. The molecule has 4 nitrogen and oxygen atoms in total. The second-order valence-electron chi connectivity index (χ2n) is 5.52. The Bertz CT molecular complexity index is 625. The summed E-state index contributed by atoms with van der Waals surface area (Å²) < 4.78 is 0. The molecule has 1 aliphatic carbocycles. The number of thiazole rings is 1. The number of nitrogens with zero attached hydrogens (tertiary/aromatic N) is 2. The molecule has 0 bridgehead atoms. The molecule has 2 atom stereocenters. The quantitative estimate of drug-likeness (QED) is 0.943. The lowest BCUT2D eigenvalue weighted by molar-refractivity contribution is 0.205.